The monoisotopic (exact) mass is 242 g/mol. The Morgan fingerprint density at radius 1 is 1.25 bits per heavy atom. The number of halogens is 1. The van der Waals surface area contributed by atoms with Crippen molar-refractivity contribution < 1.29 is 14.3 Å². The van der Waals surface area contributed by atoms with Crippen LogP contribution in [0.2, 0.25) is 0 Å². The molecule has 4 heteroatoms. The third-order valence-electron chi connectivity index (χ3n) is 1.92. The van der Waals surface area contributed by atoms with Crippen LogP contribution >= 0.6 is 11.6 Å². The maximum atomic E-state index is 10.5. The van der Waals surface area contributed by atoms with Gasteiger partial charge in [0.05, 0.1) is 13.2 Å². The molecule has 0 saturated heterocycles. The number of carbonyl (C=O) groups excluding carboxylic acids is 1. The molecule has 0 spiro atoms. The van der Waals surface area contributed by atoms with E-state index < -0.39 is 0 Å². The first kappa shape index (κ1) is 12.8. The lowest BCUT2D eigenvalue weighted by molar-refractivity contribution is -0.111. The van der Waals surface area contributed by atoms with E-state index in [1.54, 1.807) is 0 Å². The van der Waals surface area contributed by atoms with Crippen LogP contribution in [0.25, 0.3) is 0 Å². The van der Waals surface area contributed by atoms with Crippen LogP contribution in [-0.4, -0.2) is 18.5 Å². The van der Waals surface area contributed by atoms with Gasteiger partial charge in [-0.1, -0.05) is 12.1 Å². The zero-order valence-corrected chi connectivity index (χ0v) is 10.00. The van der Waals surface area contributed by atoms with E-state index in [0.29, 0.717) is 31.8 Å². The van der Waals surface area contributed by atoms with Crippen LogP contribution in [0.1, 0.15) is 19.8 Å². The van der Waals surface area contributed by atoms with E-state index in [1.165, 1.54) is 0 Å². The summed E-state index contributed by atoms with van der Waals surface area (Å²) in [5.41, 5.74) is 0. The maximum Gasteiger partial charge on any atom is 0.221 e. The maximum absolute atomic E-state index is 10.5. The molecule has 0 amide bonds. The lowest BCUT2D eigenvalue weighted by Crippen LogP contribution is -2.02. The van der Waals surface area contributed by atoms with Gasteiger partial charge >= 0.3 is 0 Å². The number of hydrogen-bond donors (Lipinski definition) is 0. The van der Waals surface area contributed by atoms with E-state index in [9.17, 15) is 4.79 Å². The predicted octanol–water partition coefficient (Wildman–Crippen LogP) is 3.01. The zero-order chi connectivity index (χ0) is 11.8. The Hall–Kier alpha value is -1.22. The molecule has 0 heterocycles. The zero-order valence-electron chi connectivity index (χ0n) is 9.24. The number of para-hydroxylation sites is 2. The third-order valence-corrected chi connectivity index (χ3v) is 2.11. The molecule has 1 aromatic rings. The molecule has 0 atom stereocenters. The van der Waals surface area contributed by atoms with Crippen LogP contribution in [0, 0.1) is 0 Å². The van der Waals surface area contributed by atoms with Crippen LogP contribution < -0.4 is 9.47 Å². The Morgan fingerprint density at radius 3 is 2.44 bits per heavy atom. The molecular weight excluding hydrogens is 228 g/mol. The molecule has 0 aromatic heterocycles. The summed E-state index contributed by atoms with van der Waals surface area (Å²) >= 11 is 5.22. The van der Waals surface area contributed by atoms with Crippen molar-refractivity contribution >= 4 is 16.8 Å². The summed E-state index contributed by atoms with van der Waals surface area (Å²) < 4.78 is 10.9. The van der Waals surface area contributed by atoms with Gasteiger partial charge in [-0.25, -0.2) is 0 Å². The van der Waals surface area contributed by atoms with Crippen LogP contribution in [0.15, 0.2) is 24.3 Å². The highest BCUT2D eigenvalue weighted by Gasteiger charge is 2.03. The van der Waals surface area contributed by atoms with Crippen molar-refractivity contribution in [1.29, 1.82) is 0 Å². The largest absolute Gasteiger partial charge is 0.490 e. The van der Waals surface area contributed by atoms with Crippen molar-refractivity contribution in [3.63, 3.8) is 0 Å². The molecule has 16 heavy (non-hydrogen) atoms. The van der Waals surface area contributed by atoms with Crippen LogP contribution in [0.5, 0.6) is 11.5 Å². The average molecular weight is 243 g/mol. The van der Waals surface area contributed by atoms with Crippen LogP contribution in [-0.2, 0) is 4.79 Å². The summed E-state index contributed by atoms with van der Waals surface area (Å²) in [6, 6.07) is 7.46. The lowest BCUT2D eigenvalue weighted by Gasteiger charge is -2.10. The molecular formula is C12H15ClO3. The van der Waals surface area contributed by atoms with Gasteiger partial charge in [-0.2, -0.15) is 0 Å². The van der Waals surface area contributed by atoms with Crippen molar-refractivity contribution in [2.75, 3.05) is 13.2 Å². The van der Waals surface area contributed by atoms with Gasteiger partial charge < -0.3 is 9.47 Å². The standard InChI is InChI=1S/C12H15ClO3/c1-2-15-10-6-3-4-7-11(10)16-9-5-8-12(13)14/h3-4,6-7H,2,5,8-9H2,1H3. The highest BCUT2D eigenvalue weighted by molar-refractivity contribution is 6.63. The van der Waals surface area contributed by atoms with E-state index in [4.69, 9.17) is 21.1 Å². The molecule has 0 aliphatic rings. The van der Waals surface area contributed by atoms with Crippen molar-refractivity contribution in [3.05, 3.63) is 24.3 Å². The van der Waals surface area contributed by atoms with E-state index in [1.807, 2.05) is 31.2 Å². The molecule has 1 aromatic carbocycles. The van der Waals surface area contributed by atoms with Gasteiger partial charge in [-0.15, -0.1) is 0 Å². The van der Waals surface area contributed by atoms with Gasteiger partial charge in [0.15, 0.2) is 11.5 Å². The number of carbonyl (C=O) groups is 1. The first-order valence-corrected chi connectivity index (χ1v) is 5.64. The first-order chi connectivity index (χ1) is 7.74. The minimum absolute atomic E-state index is 0.332. The normalized spacial score (nSPS) is 9.88. The Bertz CT molecular complexity index is 339. The quantitative estimate of drug-likeness (QED) is 0.545. The van der Waals surface area contributed by atoms with Crippen LogP contribution in [0.4, 0.5) is 0 Å². The summed E-state index contributed by atoms with van der Waals surface area (Å²) in [5, 5.41) is -0.332. The van der Waals surface area contributed by atoms with Crippen molar-refractivity contribution in [2.45, 2.75) is 19.8 Å². The van der Waals surface area contributed by atoms with E-state index in [-0.39, 0.29) is 5.24 Å². The van der Waals surface area contributed by atoms with Crippen LogP contribution in [0.3, 0.4) is 0 Å². The van der Waals surface area contributed by atoms with Gasteiger partial charge in [0.25, 0.3) is 0 Å². The highest BCUT2D eigenvalue weighted by Crippen LogP contribution is 2.26. The number of ether oxygens (including phenoxy) is 2. The Morgan fingerprint density at radius 2 is 1.88 bits per heavy atom. The minimum atomic E-state index is -0.332. The summed E-state index contributed by atoms with van der Waals surface area (Å²) in [5.74, 6) is 1.42. The topological polar surface area (TPSA) is 35.5 Å². The molecule has 0 N–H and O–H groups in total. The Kier molecular flexibility index (Phi) is 5.72. The van der Waals surface area contributed by atoms with Crippen molar-refractivity contribution in [3.8, 4) is 11.5 Å². The molecule has 0 bridgehead atoms. The highest BCUT2D eigenvalue weighted by atomic mass is 35.5. The molecule has 0 fully saturated rings. The summed E-state index contributed by atoms with van der Waals surface area (Å²) in [6.07, 6.45) is 0.946. The van der Waals surface area contributed by atoms with Gasteiger partial charge in [0.1, 0.15) is 0 Å². The average Bonchev–Trinajstić information content (AvgIpc) is 2.26. The molecule has 0 radical (unpaired) electrons. The lowest BCUT2D eigenvalue weighted by atomic mass is 10.3. The summed E-state index contributed by atoms with van der Waals surface area (Å²) in [4.78, 5) is 10.5. The summed E-state index contributed by atoms with van der Waals surface area (Å²) in [7, 11) is 0. The van der Waals surface area contributed by atoms with E-state index in [2.05, 4.69) is 0 Å². The number of rotatable bonds is 7. The van der Waals surface area contributed by atoms with Gasteiger partial charge in [0.2, 0.25) is 5.24 Å². The molecule has 0 unspecified atom stereocenters. The number of hydrogen-bond acceptors (Lipinski definition) is 3. The Balaban J connectivity index is 2.43. The van der Waals surface area contributed by atoms with Gasteiger partial charge in [-0.05, 0) is 37.1 Å². The Labute approximate surface area is 100 Å². The van der Waals surface area contributed by atoms with Crippen molar-refractivity contribution in [1.82, 2.24) is 0 Å². The molecule has 88 valence electrons. The summed E-state index contributed by atoms with van der Waals surface area (Å²) in [6.45, 7) is 2.98. The second kappa shape index (κ2) is 7.12. The fourth-order valence-electron chi connectivity index (χ4n) is 1.24. The van der Waals surface area contributed by atoms with E-state index in [0.717, 1.165) is 5.75 Å². The van der Waals surface area contributed by atoms with Gasteiger partial charge in [0, 0.05) is 6.42 Å². The third kappa shape index (κ3) is 4.53. The van der Waals surface area contributed by atoms with Crippen molar-refractivity contribution in [2.24, 2.45) is 0 Å². The molecule has 0 aliphatic carbocycles. The molecule has 1 rings (SSSR count). The molecule has 0 aliphatic heterocycles. The minimum Gasteiger partial charge on any atom is -0.490 e. The predicted molar refractivity (Wildman–Crippen MR) is 63.2 cm³/mol. The molecule has 3 nitrogen and oxygen atoms in total. The van der Waals surface area contributed by atoms with E-state index >= 15 is 0 Å². The first-order valence-electron chi connectivity index (χ1n) is 5.27. The molecule has 0 saturated carbocycles. The van der Waals surface area contributed by atoms with Gasteiger partial charge in [-0.3, -0.25) is 4.79 Å². The fraction of sp³-hybridized carbons (Fsp3) is 0.417. The smallest absolute Gasteiger partial charge is 0.221 e. The fourth-order valence-corrected chi connectivity index (χ4v) is 1.37. The second-order valence-electron chi connectivity index (χ2n) is 3.19. The second-order valence-corrected chi connectivity index (χ2v) is 3.61. The number of benzene rings is 1. The SMILES string of the molecule is CCOc1ccccc1OCCCC(=O)Cl.